The molecular weight excluding hydrogens is 315 g/mol. The standard InChI is InChI=1S/C18H20F3N3/c19-18(20,21)16-14-9-5-2-6-10-15(14)23-17(24-16)22-12-11-13-7-3-1-4-8-13/h1,3-4,7-8H,2,5-6,9-12H2,(H,22,23,24). The second-order valence-corrected chi connectivity index (χ2v) is 6.04. The van der Waals surface area contributed by atoms with Gasteiger partial charge in [-0.05, 0) is 37.7 Å². The molecule has 0 spiro atoms. The van der Waals surface area contributed by atoms with Crippen molar-refractivity contribution in [3.63, 3.8) is 0 Å². The predicted octanol–water partition coefficient (Wildman–Crippen LogP) is 4.42. The summed E-state index contributed by atoms with van der Waals surface area (Å²) in [5.74, 6) is 0.0823. The Bertz CT molecular complexity index is 684. The van der Waals surface area contributed by atoms with Crippen LogP contribution in [0.2, 0.25) is 0 Å². The molecular formula is C18H20F3N3. The van der Waals surface area contributed by atoms with Crippen LogP contribution in [-0.4, -0.2) is 16.5 Å². The number of benzene rings is 1. The lowest BCUT2D eigenvalue weighted by molar-refractivity contribution is -0.141. The zero-order valence-electron chi connectivity index (χ0n) is 13.4. The van der Waals surface area contributed by atoms with Crippen molar-refractivity contribution in [1.82, 2.24) is 9.97 Å². The molecule has 1 aliphatic carbocycles. The van der Waals surface area contributed by atoms with Gasteiger partial charge in [-0.2, -0.15) is 13.2 Å². The van der Waals surface area contributed by atoms with Gasteiger partial charge in [0, 0.05) is 17.8 Å². The van der Waals surface area contributed by atoms with Crippen LogP contribution >= 0.6 is 0 Å². The number of hydrogen-bond acceptors (Lipinski definition) is 3. The first-order valence-corrected chi connectivity index (χ1v) is 8.29. The van der Waals surface area contributed by atoms with Crippen LogP contribution in [0.25, 0.3) is 0 Å². The zero-order chi connectivity index (χ0) is 17.0. The summed E-state index contributed by atoms with van der Waals surface area (Å²) in [5, 5.41) is 2.95. The molecule has 0 unspecified atom stereocenters. The van der Waals surface area contributed by atoms with Gasteiger partial charge >= 0.3 is 6.18 Å². The Morgan fingerprint density at radius 2 is 1.71 bits per heavy atom. The van der Waals surface area contributed by atoms with E-state index in [1.165, 1.54) is 0 Å². The zero-order valence-corrected chi connectivity index (χ0v) is 13.4. The highest BCUT2D eigenvalue weighted by atomic mass is 19.4. The van der Waals surface area contributed by atoms with Crippen LogP contribution in [0.1, 0.15) is 41.8 Å². The second-order valence-electron chi connectivity index (χ2n) is 6.04. The van der Waals surface area contributed by atoms with Gasteiger partial charge in [-0.15, -0.1) is 0 Å². The van der Waals surface area contributed by atoms with Crippen LogP contribution in [0.3, 0.4) is 0 Å². The van der Waals surface area contributed by atoms with Crippen molar-refractivity contribution in [2.45, 2.75) is 44.7 Å². The largest absolute Gasteiger partial charge is 0.433 e. The maximum absolute atomic E-state index is 13.4. The normalized spacial score (nSPS) is 14.8. The summed E-state index contributed by atoms with van der Waals surface area (Å²) in [5.41, 5.74) is 1.19. The summed E-state index contributed by atoms with van der Waals surface area (Å²) in [6, 6.07) is 9.79. The highest BCUT2D eigenvalue weighted by Crippen LogP contribution is 2.34. The number of nitrogens with one attached hydrogen (secondary N) is 1. The van der Waals surface area contributed by atoms with Crippen LogP contribution in [0.4, 0.5) is 19.1 Å². The van der Waals surface area contributed by atoms with Gasteiger partial charge in [-0.25, -0.2) is 9.97 Å². The van der Waals surface area contributed by atoms with Crippen molar-refractivity contribution < 1.29 is 13.2 Å². The Labute approximate surface area is 139 Å². The number of aryl methyl sites for hydroxylation is 1. The molecule has 1 aliphatic rings. The molecule has 6 heteroatoms. The van der Waals surface area contributed by atoms with E-state index in [-0.39, 0.29) is 11.5 Å². The summed E-state index contributed by atoms with van der Waals surface area (Å²) < 4.78 is 40.1. The summed E-state index contributed by atoms with van der Waals surface area (Å²) in [6.45, 7) is 0.500. The Hall–Kier alpha value is -2.11. The van der Waals surface area contributed by atoms with Crippen LogP contribution in [0.15, 0.2) is 30.3 Å². The second kappa shape index (κ2) is 7.20. The molecule has 0 atom stereocenters. The molecule has 3 nitrogen and oxygen atoms in total. The van der Waals surface area contributed by atoms with Gasteiger partial charge in [-0.1, -0.05) is 36.8 Å². The quantitative estimate of drug-likeness (QED) is 0.841. The Morgan fingerprint density at radius 3 is 2.46 bits per heavy atom. The van der Waals surface area contributed by atoms with Gasteiger partial charge in [0.15, 0.2) is 5.69 Å². The lowest BCUT2D eigenvalue weighted by Crippen LogP contribution is -2.18. The third-order valence-corrected chi connectivity index (χ3v) is 4.24. The van der Waals surface area contributed by atoms with E-state index in [9.17, 15) is 13.2 Å². The third kappa shape index (κ3) is 4.04. The average molecular weight is 335 g/mol. The Morgan fingerprint density at radius 1 is 0.958 bits per heavy atom. The topological polar surface area (TPSA) is 37.8 Å². The molecule has 0 saturated heterocycles. The molecule has 1 aromatic carbocycles. The fourth-order valence-corrected chi connectivity index (χ4v) is 3.05. The number of hydrogen-bond donors (Lipinski definition) is 1. The number of fused-ring (bicyclic) bond motifs is 1. The first-order chi connectivity index (χ1) is 11.5. The monoisotopic (exact) mass is 335 g/mol. The lowest BCUT2D eigenvalue weighted by atomic mass is 10.1. The van der Waals surface area contributed by atoms with E-state index in [1.54, 1.807) is 0 Å². The summed E-state index contributed by atoms with van der Waals surface area (Å²) in [4.78, 5) is 8.14. The van der Waals surface area contributed by atoms with Crippen LogP contribution in [-0.2, 0) is 25.4 Å². The van der Waals surface area contributed by atoms with E-state index in [0.717, 1.165) is 24.8 Å². The maximum Gasteiger partial charge on any atom is 0.433 e. The predicted molar refractivity (Wildman–Crippen MR) is 86.9 cm³/mol. The lowest BCUT2D eigenvalue weighted by Gasteiger charge is -2.16. The van der Waals surface area contributed by atoms with Crippen molar-refractivity contribution in [2.24, 2.45) is 0 Å². The van der Waals surface area contributed by atoms with Crippen molar-refractivity contribution >= 4 is 5.95 Å². The van der Waals surface area contributed by atoms with Crippen LogP contribution in [0, 0.1) is 0 Å². The minimum atomic E-state index is -4.44. The molecule has 0 radical (unpaired) electrons. The van der Waals surface area contributed by atoms with E-state index < -0.39 is 11.9 Å². The molecule has 0 amide bonds. The number of nitrogens with zero attached hydrogens (tertiary/aromatic N) is 2. The smallest absolute Gasteiger partial charge is 0.354 e. The van der Waals surface area contributed by atoms with E-state index in [0.29, 0.717) is 31.5 Å². The fourth-order valence-electron chi connectivity index (χ4n) is 3.05. The molecule has 2 aromatic rings. The fraction of sp³-hybridized carbons (Fsp3) is 0.444. The molecule has 0 aliphatic heterocycles. The average Bonchev–Trinajstić information content (AvgIpc) is 2.79. The van der Waals surface area contributed by atoms with Gasteiger partial charge in [0.2, 0.25) is 5.95 Å². The van der Waals surface area contributed by atoms with Crippen molar-refractivity contribution in [3.8, 4) is 0 Å². The molecule has 0 fully saturated rings. The molecule has 128 valence electrons. The molecule has 0 saturated carbocycles. The molecule has 0 bridgehead atoms. The minimum Gasteiger partial charge on any atom is -0.354 e. The van der Waals surface area contributed by atoms with E-state index in [4.69, 9.17) is 0 Å². The first kappa shape index (κ1) is 16.7. The highest BCUT2D eigenvalue weighted by molar-refractivity contribution is 5.37. The molecule has 3 rings (SSSR count). The first-order valence-electron chi connectivity index (χ1n) is 8.29. The minimum absolute atomic E-state index is 0.0823. The van der Waals surface area contributed by atoms with Gasteiger partial charge in [-0.3, -0.25) is 0 Å². The van der Waals surface area contributed by atoms with E-state index in [2.05, 4.69) is 15.3 Å². The molecule has 1 heterocycles. The SMILES string of the molecule is FC(F)(F)c1nc(NCCc2ccccc2)nc2c1CCCCC2. The van der Waals surface area contributed by atoms with Crippen molar-refractivity contribution in [3.05, 3.63) is 52.8 Å². The van der Waals surface area contributed by atoms with Crippen LogP contribution in [0.5, 0.6) is 0 Å². The summed E-state index contributed by atoms with van der Waals surface area (Å²) in [7, 11) is 0. The van der Waals surface area contributed by atoms with E-state index in [1.807, 2.05) is 30.3 Å². The number of alkyl halides is 3. The number of anilines is 1. The Balaban J connectivity index is 1.79. The van der Waals surface area contributed by atoms with Crippen molar-refractivity contribution in [2.75, 3.05) is 11.9 Å². The van der Waals surface area contributed by atoms with Gasteiger partial charge in [0.1, 0.15) is 0 Å². The maximum atomic E-state index is 13.4. The highest BCUT2D eigenvalue weighted by Gasteiger charge is 2.37. The van der Waals surface area contributed by atoms with Gasteiger partial charge in [0.05, 0.1) is 0 Å². The Kier molecular flexibility index (Phi) is 5.02. The number of rotatable bonds is 4. The summed E-state index contributed by atoms with van der Waals surface area (Å²) in [6.07, 6.45) is -0.145. The molecule has 1 aromatic heterocycles. The van der Waals surface area contributed by atoms with Crippen LogP contribution < -0.4 is 5.32 Å². The number of halogens is 3. The molecule has 24 heavy (non-hydrogen) atoms. The van der Waals surface area contributed by atoms with Crippen molar-refractivity contribution in [1.29, 1.82) is 0 Å². The van der Waals surface area contributed by atoms with Gasteiger partial charge in [0.25, 0.3) is 0 Å². The third-order valence-electron chi connectivity index (χ3n) is 4.24. The van der Waals surface area contributed by atoms with E-state index >= 15 is 0 Å². The summed E-state index contributed by atoms with van der Waals surface area (Å²) >= 11 is 0. The molecule has 1 N–H and O–H groups in total. The van der Waals surface area contributed by atoms with Gasteiger partial charge < -0.3 is 5.32 Å². The number of aromatic nitrogens is 2.